The Labute approximate surface area is 164 Å². The summed E-state index contributed by atoms with van der Waals surface area (Å²) in [6.45, 7) is 3.74. The lowest BCUT2D eigenvalue weighted by atomic mass is 10.1. The highest BCUT2D eigenvalue weighted by Crippen LogP contribution is 2.34. The van der Waals surface area contributed by atoms with Crippen LogP contribution >= 0.6 is 0 Å². The number of nitrogens with zero attached hydrogens (tertiary/aromatic N) is 4. The number of benzene rings is 2. The van der Waals surface area contributed by atoms with Crippen LogP contribution in [0.4, 0.5) is 18.9 Å². The van der Waals surface area contributed by atoms with Crippen molar-refractivity contribution in [3.05, 3.63) is 64.7 Å². The fraction of sp³-hybridized carbons (Fsp3) is 0.300. The van der Waals surface area contributed by atoms with Crippen LogP contribution in [0, 0.1) is 13.8 Å². The number of alkyl halides is 3. The second kappa shape index (κ2) is 6.68. The van der Waals surface area contributed by atoms with Gasteiger partial charge in [0.1, 0.15) is 0 Å². The van der Waals surface area contributed by atoms with Crippen LogP contribution in [0.1, 0.15) is 22.3 Å². The van der Waals surface area contributed by atoms with Crippen molar-refractivity contribution in [1.82, 2.24) is 5.01 Å². The second-order valence-corrected chi connectivity index (χ2v) is 7.17. The van der Waals surface area contributed by atoms with Gasteiger partial charge in [-0.25, -0.2) is 4.90 Å². The molecule has 0 aromatic heterocycles. The van der Waals surface area contributed by atoms with Crippen LogP contribution in [0.2, 0.25) is 0 Å². The predicted octanol–water partition coefficient (Wildman–Crippen LogP) is 3.82. The van der Waals surface area contributed by atoms with Gasteiger partial charge < -0.3 is 0 Å². The molecule has 0 radical (unpaired) electrons. The normalized spacial score (nSPS) is 21.3. The molecular weight excluding hydrogens is 385 g/mol. The second-order valence-electron chi connectivity index (χ2n) is 7.17. The number of anilines is 1. The lowest BCUT2D eigenvalue weighted by molar-refractivity contribution is -0.137. The lowest BCUT2D eigenvalue weighted by Crippen LogP contribution is -2.39. The molecule has 1 fully saturated rings. The van der Waals surface area contributed by atoms with E-state index in [0.717, 1.165) is 28.2 Å². The van der Waals surface area contributed by atoms with E-state index in [1.54, 1.807) is 12.1 Å². The van der Waals surface area contributed by atoms with E-state index in [9.17, 15) is 22.8 Å². The molecule has 0 unspecified atom stereocenters. The van der Waals surface area contributed by atoms with E-state index in [1.807, 2.05) is 19.9 Å². The summed E-state index contributed by atoms with van der Waals surface area (Å²) in [5, 5.41) is 9.07. The summed E-state index contributed by atoms with van der Waals surface area (Å²) < 4.78 is 38.8. The maximum absolute atomic E-state index is 13.0. The standard InChI is InChI=1S/C20H17F3N4O2/c1-11-6-7-15(8-12(11)2)27-18(28)16-17(19(27)29)26(25-24-16)10-13-4-3-5-14(9-13)20(21,22)23/h3-9,16-17H,10H2,1-2H3/t16-,17-/m0/s1. The summed E-state index contributed by atoms with van der Waals surface area (Å²) in [4.78, 5) is 26.8. The van der Waals surface area contributed by atoms with Crippen LogP contribution < -0.4 is 4.90 Å². The van der Waals surface area contributed by atoms with E-state index >= 15 is 0 Å². The molecule has 0 aliphatic carbocycles. The molecule has 2 aliphatic heterocycles. The first-order valence-electron chi connectivity index (χ1n) is 8.95. The third-order valence-electron chi connectivity index (χ3n) is 5.21. The quantitative estimate of drug-likeness (QED) is 0.734. The van der Waals surface area contributed by atoms with Crippen molar-refractivity contribution < 1.29 is 22.8 Å². The van der Waals surface area contributed by atoms with Gasteiger partial charge in [-0.05, 0) is 54.8 Å². The predicted molar refractivity (Wildman–Crippen MR) is 97.8 cm³/mol. The molecule has 4 rings (SSSR count). The number of imide groups is 1. The van der Waals surface area contributed by atoms with Gasteiger partial charge in [0.05, 0.1) is 17.8 Å². The monoisotopic (exact) mass is 402 g/mol. The Balaban J connectivity index is 1.59. The highest BCUT2D eigenvalue weighted by molar-refractivity contribution is 6.25. The third-order valence-corrected chi connectivity index (χ3v) is 5.21. The summed E-state index contributed by atoms with van der Waals surface area (Å²) in [5.74, 6) is -0.973. The average Bonchev–Trinajstić information content (AvgIpc) is 3.17. The van der Waals surface area contributed by atoms with Crippen LogP contribution in [-0.4, -0.2) is 28.9 Å². The smallest absolute Gasteiger partial charge is 0.271 e. The third kappa shape index (κ3) is 3.26. The number of hydrogen-bond acceptors (Lipinski definition) is 5. The Kier molecular flexibility index (Phi) is 4.40. The van der Waals surface area contributed by atoms with Gasteiger partial charge in [0.25, 0.3) is 11.8 Å². The van der Waals surface area contributed by atoms with Gasteiger partial charge in [0.2, 0.25) is 0 Å². The van der Waals surface area contributed by atoms with Gasteiger partial charge in [-0.1, -0.05) is 23.4 Å². The molecule has 2 aromatic carbocycles. The fourth-order valence-corrected chi connectivity index (χ4v) is 3.51. The minimum absolute atomic E-state index is 0.0611. The highest BCUT2D eigenvalue weighted by atomic mass is 19.4. The van der Waals surface area contributed by atoms with Gasteiger partial charge in [0.15, 0.2) is 12.1 Å². The molecule has 29 heavy (non-hydrogen) atoms. The summed E-state index contributed by atoms with van der Waals surface area (Å²) in [6, 6.07) is 8.10. The van der Waals surface area contributed by atoms with Crippen LogP contribution in [0.25, 0.3) is 0 Å². The zero-order valence-electron chi connectivity index (χ0n) is 15.6. The summed E-state index contributed by atoms with van der Waals surface area (Å²) >= 11 is 0. The van der Waals surface area contributed by atoms with Crippen molar-refractivity contribution in [2.24, 2.45) is 10.3 Å². The first kappa shape index (κ1) is 19.1. The molecule has 2 aliphatic rings. The van der Waals surface area contributed by atoms with Crippen LogP contribution in [0.3, 0.4) is 0 Å². The zero-order chi connectivity index (χ0) is 20.9. The molecule has 2 amide bonds. The van der Waals surface area contributed by atoms with Crippen molar-refractivity contribution in [3.8, 4) is 0 Å². The number of rotatable bonds is 3. The van der Waals surface area contributed by atoms with E-state index < -0.39 is 35.6 Å². The van der Waals surface area contributed by atoms with E-state index in [-0.39, 0.29) is 6.54 Å². The largest absolute Gasteiger partial charge is 0.416 e. The van der Waals surface area contributed by atoms with Gasteiger partial charge in [-0.15, -0.1) is 0 Å². The molecule has 2 atom stereocenters. The summed E-state index contributed by atoms with van der Waals surface area (Å²) in [6.07, 6.45) is -4.47. The molecule has 9 heteroatoms. The van der Waals surface area contributed by atoms with Crippen molar-refractivity contribution in [2.75, 3.05) is 4.90 Å². The van der Waals surface area contributed by atoms with E-state index in [2.05, 4.69) is 10.3 Å². The van der Waals surface area contributed by atoms with E-state index in [4.69, 9.17) is 0 Å². The van der Waals surface area contributed by atoms with Gasteiger partial charge in [0, 0.05) is 0 Å². The molecule has 0 saturated carbocycles. The number of amides is 2. The molecule has 1 saturated heterocycles. The first-order chi connectivity index (χ1) is 13.7. The number of hydrogen-bond donors (Lipinski definition) is 0. The van der Waals surface area contributed by atoms with E-state index in [1.165, 1.54) is 17.1 Å². The zero-order valence-corrected chi connectivity index (χ0v) is 15.6. The van der Waals surface area contributed by atoms with Crippen LogP contribution in [0.15, 0.2) is 52.8 Å². The molecular formula is C20H17F3N4O2. The van der Waals surface area contributed by atoms with Crippen LogP contribution in [0.5, 0.6) is 0 Å². The Hall–Kier alpha value is -3.23. The Morgan fingerprint density at radius 1 is 1.00 bits per heavy atom. The maximum atomic E-state index is 13.0. The molecule has 0 N–H and O–H groups in total. The Morgan fingerprint density at radius 2 is 1.76 bits per heavy atom. The number of aryl methyl sites for hydroxylation is 2. The molecule has 2 heterocycles. The lowest BCUT2D eigenvalue weighted by Gasteiger charge is -2.21. The number of halogens is 3. The maximum Gasteiger partial charge on any atom is 0.416 e. The minimum atomic E-state index is -4.47. The average molecular weight is 402 g/mol. The Morgan fingerprint density at radius 3 is 2.45 bits per heavy atom. The van der Waals surface area contributed by atoms with Crippen molar-refractivity contribution in [1.29, 1.82) is 0 Å². The highest BCUT2D eigenvalue weighted by Gasteiger charge is 2.54. The first-order valence-corrected chi connectivity index (χ1v) is 8.95. The van der Waals surface area contributed by atoms with Crippen molar-refractivity contribution >= 4 is 17.5 Å². The molecule has 150 valence electrons. The van der Waals surface area contributed by atoms with Gasteiger partial charge in [-0.2, -0.15) is 18.3 Å². The van der Waals surface area contributed by atoms with Gasteiger partial charge >= 0.3 is 6.18 Å². The molecule has 0 spiro atoms. The Bertz CT molecular complexity index is 1030. The SMILES string of the molecule is Cc1ccc(N2C(=O)[C@H]3N=NN(Cc4cccc(C(F)(F)F)c4)[C@@H]3C2=O)cc1C. The van der Waals surface area contributed by atoms with Crippen molar-refractivity contribution in [3.63, 3.8) is 0 Å². The minimum Gasteiger partial charge on any atom is -0.271 e. The topological polar surface area (TPSA) is 65.3 Å². The molecule has 2 aromatic rings. The summed E-state index contributed by atoms with van der Waals surface area (Å²) in [5.41, 5.74) is 1.95. The fourth-order valence-electron chi connectivity index (χ4n) is 3.51. The molecule has 6 nitrogen and oxygen atoms in total. The number of fused-ring (bicyclic) bond motifs is 1. The van der Waals surface area contributed by atoms with Crippen molar-refractivity contribution in [2.45, 2.75) is 38.7 Å². The number of carbonyl (C=O) groups excluding carboxylic acids is 2. The molecule has 0 bridgehead atoms. The van der Waals surface area contributed by atoms with E-state index in [0.29, 0.717) is 11.3 Å². The number of carbonyl (C=O) groups is 2. The summed E-state index contributed by atoms with van der Waals surface area (Å²) in [7, 11) is 0. The van der Waals surface area contributed by atoms with Gasteiger partial charge in [-0.3, -0.25) is 14.6 Å². The van der Waals surface area contributed by atoms with Crippen LogP contribution in [-0.2, 0) is 22.3 Å².